The van der Waals surface area contributed by atoms with Crippen LogP contribution >= 0.6 is 15.9 Å². The van der Waals surface area contributed by atoms with Gasteiger partial charge in [0.2, 0.25) is 0 Å². The highest BCUT2D eigenvalue weighted by Crippen LogP contribution is 2.26. The fraction of sp³-hybridized carbons (Fsp3) is 0.200. The number of nitrogens with zero attached hydrogens (tertiary/aromatic N) is 2. The van der Waals surface area contributed by atoms with Crippen LogP contribution in [0.15, 0.2) is 34.4 Å². The van der Waals surface area contributed by atoms with Gasteiger partial charge in [0.05, 0.1) is 6.61 Å². The van der Waals surface area contributed by atoms with Crippen LogP contribution in [0.3, 0.4) is 0 Å². The predicted octanol–water partition coefficient (Wildman–Crippen LogP) is 3.41. The number of benzene rings is 1. The van der Waals surface area contributed by atoms with E-state index in [0.717, 1.165) is 20.9 Å². The summed E-state index contributed by atoms with van der Waals surface area (Å²) in [6.07, 6.45) is 3.44. The van der Waals surface area contributed by atoms with E-state index in [0.29, 0.717) is 0 Å². The van der Waals surface area contributed by atoms with E-state index in [1.165, 1.54) is 0 Å². The molecule has 2 rings (SSSR count). The van der Waals surface area contributed by atoms with Crippen molar-refractivity contribution < 1.29 is 9.53 Å². The van der Waals surface area contributed by atoms with Crippen LogP contribution in [-0.2, 0) is 16.6 Å². The SMILES string of the molecule is CCOC(=O)/C(C#N)=C/c1cn(C)c2ccc(Br)cc12. The van der Waals surface area contributed by atoms with E-state index in [2.05, 4.69) is 15.9 Å². The Labute approximate surface area is 125 Å². The lowest BCUT2D eigenvalue weighted by Gasteiger charge is -1.99. The van der Waals surface area contributed by atoms with Crippen LogP contribution in [-0.4, -0.2) is 17.1 Å². The maximum Gasteiger partial charge on any atom is 0.348 e. The van der Waals surface area contributed by atoms with E-state index < -0.39 is 5.97 Å². The zero-order valence-electron chi connectivity index (χ0n) is 11.2. The molecule has 1 aromatic carbocycles. The second-order valence-electron chi connectivity index (χ2n) is 4.25. The van der Waals surface area contributed by atoms with Gasteiger partial charge in [-0.2, -0.15) is 5.26 Å². The molecule has 0 amide bonds. The molecule has 0 saturated heterocycles. The lowest BCUT2D eigenvalue weighted by atomic mass is 10.1. The van der Waals surface area contributed by atoms with Gasteiger partial charge in [-0.3, -0.25) is 0 Å². The van der Waals surface area contributed by atoms with Crippen molar-refractivity contribution >= 4 is 38.9 Å². The average Bonchev–Trinajstić information content (AvgIpc) is 2.72. The maximum absolute atomic E-state index is 11.7. The Kier molecular flexibility index (Phi) is 4.26. The summed E-state index contributed by atoms with van der Waals surface area (Å²) in [5.41, 5.74) is 1.84. The Bertz CT molecular complexity index is 738. The molecule has 1 heterocycles. The molecule has 2 aromatic rings. The Morgan fingerprint density at radius 1 is 1.55 bits per heavy atom. The normalized spacial score (nSPS) is 11.4. The predicted molar refractivity (Wildman–Crippen MR) is 80.8 cm³/mol. The summed E-state index contributed by atoms with van der Waals surface area (Å²) in [6.45, 7) is 1.96. The molecule has 0 spiro atoms. The molecule has 20 heavy (non-hydrogen) atoms. The molecule has 0 atom stereocenters. The number of esters is 1. The number of nitriles is 1. The Balaban J connectivity index is 2.55. The molecule has 1 aromatic heterocycles. The Hall–Kier alpha value is -2.06. The number of aryl methyl sites for hydroxylation is 1. The van der Waals surface area contributed by atoms with Crippen LogP contribution in [0.25, 0.3) is 17.0 Å². The van der Waals surface area contributed by atoms with Gasteiger partial charge in [0.1, 0.15) is 11.6 Å². The van der Waals surface area contributed by atoms with E-state index in [1.807, 2.05) is 42.1 Å². The first-order valence-corrected chi connectivity index (χ1v) is 6.89. The number of rotatable bonds is 3. The molecule has 0 radical (unpaired) electrons. The molecule has 0 saturated carbocycles. The molecule has 0 aliphatic heterocycles. The summed E-state index contributed by atoms with van der Waals surface area (Å²) in [5, 5.41) is 10.1. The van der Waals surface area contributed by atoms with Crippen LogP contribution in [0.5, 0.6) is 0 Å². The first-order chi connectivity index (χ1) is 9.56. The van der Waals surface area contributed by atoms with E-state index in [1.54, 1.807) is 13.0 Å². The molecule has 0 unspecified atom stereocenters. The maximum atomic E-state index is 11.7. The van der Waals surface area contributed by atoms with Crippen LogP contribution in [0.1, 0.15) is 12.5 Å². The third kappa shape index (κ3) is 2.75. The molecule has 5 heteroatoms. The van der Waals surface area contributed by atoms with Crippen LogP contribution in [0.2, 0.25) is 0 Å². The Morgan fingerprint density at radius 2 is 2.30 bits per heavy atom. The topological polar surface area (TPSA) is 55.0 Å². The number of hydrogen-bond acceptors (Lipinski definition) is 3. The minimum atomic E-state index is -0.595. The number of ether oxygens (including phenoxy) is 1. The molecule has 0 N–H and O–H groups in total. The van der Waals surface area contributed by atoms with Crippen molar-refractivity contribution in [1.29, 1.82) is 5.26 Å². The van der Waals surface area contributed by atoms with Crippen molar-refractivity contribution in [2.24, 2.45) is 7.05 Å². The first-order valence-electron chi connectivity index (χ1n) is 6.10. The van der Waals surface area contributed by atoms with Crippen LogP contribution < -0.4 is 0 Å². The highest BCUT2D eigenvalue weighted by molar-refractivity contribution is 9.10. The van der Waals surface area contributed by atoms with Gasteiger partial charge in [-0.25, -0.2) is 4.79 Å². The summed E-state index contributed by atoms with van der Waals surface area (Å²) in [7, 11) is 1.92. The lowest BCUT2D eigenvalue weighted by molar-refractivity contribution is -0.137. The third-order valence-corrected chi connectivity index (χ3v) is 3.39. The van der Waals surface area contributed by atoms with Crippen molar-refractivity contribution in [3.05, 3.63) is 40.0 Å². The number of fused-ring (bicyclic) bond motifs is 1. The van der Waals surface area contributed by atoms with Gasteiger partial charge in [0.25, 0.3) is 0 Å². The van der Waals surface area contributed by atoms with E-state index in [4.69, 9.17) is 10.00 Å². The largest absolute Gasteiger partial charge is 0.462 e. The fourth-order valence-corrected chi connectivity index (χ4v) is 2.37. The van der Waals surface area contributed by atoms with Gasteiger partial charge in [-0.1, -0.05) is 15.9 Å². The van der Waals surface area contributed by atoms with Crippen LogP contribution in [0.4, 0.5) is 0 Å². The van der Waals surface area contributed by atoms with E-state index in [9.17, 15) is 4.79 Å². The molecule has 102 valence electrons. The third-order valence-electron chi connectivity index (χ3n) is 2.90. The van der Waals surface area contributed by atoms with Crippen molar-refractivity contribution in [2.75, 3.05) is 6.61 Å². The minimum absolute atomic E-state index is 0.000625. The minimum Gasteiger partial charge on any atom is -0.462 e. The number of carbonyl (C=O) groups is 1. The van der Waals surface area contributed by atoms with Crippen molar-refractivity contribution in [3.63, 3.8) is 0 Å². The summed E-state index contributed by atoms with van der Waals surface area (Å²) in [6, 6.07) is 7.78. The van der Waals surface area contributed by atoms with Crippen molar-refractivity contribution in [2.45, 2.75) is 6.92 Å². The fourth-order valence-electron chi connectivity index (χ4n) is 2.01. The second-order valence-corrected chi connectivity index (χ2v) is 5.16. The molecule has 0 aliphatic carbocycles. The van der Waals surface area contributed by atoms with E-state index >= 15 is 0 Å². The molecular formula is C15H13BrN2O2. The lowest BCUT2D eigenvalue weighted by Crippen LogP contribution is -2.05. The van der Waals surface area contributed by atoms with Gasteiger partial charge < -0.3 is 9.30 Å². The summed E-state index contributed by atoms with van der Waals surface area (Å²) >= 11 is 3.43. The van der Waals surface area contributed by atoms with Gasteiger partial charge in [-0.15, -0.1) is 0 Å². The summed E-state index contributed by atoms with van der Waals surface area (Å²) in [5.74, 6) is -0.595. The molecule has 0 bridgehead atoms. The van der Waals surface area contributed by atoms with Gasteiger partial charge in [0, 0.05) is 34.2 Å². The number of aromatic nitrogens is 1. The number of carbonyl (C=O) groups excluding carboxylic acids is 1. The smallest absolute Gasteiger partial charge is 0.348 e. The summed E-state index contributed by atoms with van der Waals surface area (Å²) < 4.78 is 7.76. The van der Waals surface area contributed by atoms with Crippen molar-refractivity contribution in [3.8, 4) is 6.07 Å². The number of halogens is 1. The van der Waals surface area contributed by atoms with Gasteiger partial charge in [0.15, 0.2) is 0 Å². The number of hydrogen-bond donors (Lipinski definition) is 0. The average molecular weight is 333 g/mol. The zero-order valence-corrected chi connectivity index (χ0v) is 12.8. The molecule has 0 fully saturated rings. The monoisotopic (exact) mass is 332 g/mol. The molecular weight excluding hydrogens is 320 g/mol. The van der Waals surface area contributed by atoms with E-state index in [-0.39, 0.29) is 12.2 Å². The van der Waals surface area contributed by atoms with Crippen LogP contribution in [0, 0.1) is 11.3 Å². The highest BCUT2D eigenvalue weighted by atomic mass is 79.9. The molecule has 0 aliphatic rings. The quantitative estimate of drug-likeness (QED) is 0.491. The standard InChI is InChI=1S/C15H13BrN2O2/c1-3-20-15(19)10(8-17)6-11-9-18(2)14-5-4-12(16)7-13(11)14/h4-7,9H,3H2,1-2H3/b10-6+. The highest BCUT2D eigenvalue weighted by Gasteiger charge is 2.12. The zero-order chi connectivity index (χ0) is 14.7. The molecule has 4 nitrogen and oxygen atoms in total. The summed E-state index contributed by atoms with van der Waals surface area (Å²) in [4.78, 5) is 11.7. The second kappa shape index (κ2) is 5.93. The van der Waals surface area contributed by atoms with Gasteiger partial charge in [-0.05, 0) is 31.2 Å². The van der Waals surface area contributed by atoms with Gasteiger partial charge >= 0.3 is 5.97 Å². The Morgan fingerprint density at radius 3 is 2.95 bits per heavy atom. The first kappa shape index (κ1) is 14.4. The van der Waals surface area contributed by atoms with Crippen molar-refractivity contribution in [1.82, 2.24) is 4.57 Å².